The molecule has 4 N–H and O–H groups in total. The first-order valence-electron chi connectivity index (χ1n) is 6.38. The Morgan fingerprint density at radius 3 is 2.88 bits per heavy atom. The lowest BCUT2D eigenvalue weighted by Crippen LogP contribution is -2.36. The fourth-order valence-electron chi connectivity index (χ4n) is 2.76. The van der Waals surface area contributed by atoms with Gasteiger partial charge in [0, 0.05) is 23.1 Å². The Labute approximate surface area is 101 Å². The number of nitrogens with two attached hydrogens (primary N) is 1. The Hall–Kier alpha value is -1.32. The van der Waals surface area contributed by atoms with Gasteiger partial charge in [0.15, 0.2) is 0 Å². The molecule has 90 valence electrons. The number of aromatic nitrogens is 1. The first kappa shape index (κ1) is 10.8. The van der Waals surface area contributed by atoms with E-state index in [0.29, 0.717) is 12.0 Å². The summed E-state index contributed by atoms with van der Waals surface area (Å²) in [5, 5.41) is 4.96. The number of benzene rings is 1. The van der Waals surface area contributed by atoms with Crippen LogP contribution in [0.15, 0.2) is 30.5 Å². The lowest BCUT2D eigenvalue weighted by Gasteiger charge is -2.29. The van der Waals surface area contributed by atoms with E-state index in [1.54, 1.807) is 0 Å². The number of aromatic amines is 1. The van der Waals surface area contributed by atoms with Gasteiger partial charge in [0.1, 0.15) is 0 Å². The van der Waals surface area contributed by atoms with E-state index < -0.39 is 0 Å². The summed E-state index contributed by atoms with van der Waals surface area (Å²) in [4.78, 5) is 3.35. The van der Waals surface area contributed by atoms with Crippen molar-refractivity contribution in [2.45, 2.75) is 18.9 Å². The van der Waals surface area contributed by atoms with Crippen LogP contribution in [0.2, 0.25) is 0 Å². The van der Waals surface area contributed by atoms with Crippen LogP contribution in [-0.4, -0.2) is 18.1 Å². The first-order valence-corrected chi connectivity index (χ1v) is 6.38. The van der Waals surface area contributed by atoms with Crippen molar-refractivity contribution in [1.29, 1.82) is 0 Å². The molecule has 2 aromatic rings. The molecule has 2 heterocycles. The van der Waals surface area contributed by atoms with Gasteiger partial charge < -0.3 is 16.0 Å². The summed E-state index contributed by atoms with van der Waals surface area (Å²) in [6.45, 7) is 1.84. The number of fused-ring (bicyclic) bond motifs is 1. The smallest absolute Gasteiger partial charge is 0.0457 e. The number of para-hydroxylation sites is 1. The van der Waals surface area contributed by atoms with Gasteiger partial charge in [0.25, 0.3) is 0 Å². The fraction of sp³-hybridized carbons (Fsp3) is 0.429. The van der Waals surface area contributed by atoms with Crippen LogP contribution in [0.1, 0.15) is 24.4 Å². The molecule has 1 aliphatic rings. The highest BCUT2D eigenvalue weighted by Crippen LogP contribution is 2.30. The van der Waals surface area contributed by atoms with Gasteiger partial charge in [-0.1, -0.05) is 18.2 Å². The summed E-state index contributed by atoms with van der Waals surface area (Å²) in [6.07, 6.45) is 4.56. The van der Waals surface area contributed by atoms with Crippen LogP contribution in [-0.2, 0) is 0 Å². The Balaban J connectivity index is 1.85. The van der Waals surface area contributed by atoms with Crippen LogP contribution in [0.5, 0.6) is 0 Å². The van der Waals surface area contributed by atoms with Gasteiger partial charge in [-0.3, -0.25) is 0 Å². The van der Waals surface area contributed by atoms with Gasteiger partial charge in [-0.25, -0.2) is 0 Å². The summed E-state index contributed by atoms with van der Waals surface area (Å²) in [7, 11) is 0. The number of hydrogen-bond acceptors (Lipinski definition) is 2. The highest BCUT2D eigenvalue weighted by Gasteiger charge is 2.22. The Bertz CT molecular complexity index is 495. The molecule has 1 fully saturated rings. The predicted octanol–water partition coefficient (Wildman–Crippen LogP) is 2.17. The first-order chi connectivity index (χ1) is 8.38. The Morgan fingerprint density at radius 2 is 2.12 bits per heavy atom. The highest BCUT2D eigenvalue weighted by atomic mass is 14.9. The summed E-state index contributed by atoms with van der Waals surface area (Å²) < 4.78 is 0. The van der Waals surface area contributed by atoms with Crippen molar-refractivity contribution in [3.63, 3.8) is 0 Å². The zero-order valence-corrected chi connectivity index (χ0v) is 9.95. The van der Waals surface area contributed by atoms with E-state index in [0.717, 1.165) is 13.1 Å². The minimum Gasteiger partial charge on any atom is -0.361 e. The van der Waals surface area contributed by atoms with Gasteiger partial charge in [0.2, 0.25) is 0 Å². The molecule has 3 heteroatoms. The number of rotatable bonds is 2. The van der Waals surface area contributed by atoms with Crippen LogP contribution < -0.4 is 11.1 Å². The quantitative estimate of drug-likeness (QED) is 0.739. The van der Waals surface area contributed by atoms with Gasteiger partial charge >= 0.3 is 0 Å². The maximum atomic E-state index is 5.71. The van der Waals surface area contributed by atoms with Gasteiger partial charge in [0.05, 0.1) is 0 Å². The van der Waals surface area contributed by atoms with Crippen molar-refractivity contribution >= 4 is 10.9 Å². The summed E-state index contributed by atoms with van der Waals surface area (Å²) in [6, 6.07) is 8.98. The van der Waals surface area contributed by atoms with Gasteiger partial charge in [-0.15, -0.1) is 0 Å². The molecule has 1 saturated heterocycles. The molecule has 0 saturated carbocycles. The SMILES string of the molecule is NCC1CCC(c2c[nH]c3ccccc23)NC1. The number of H-pyrrole nitrogens is 1. The molecule has 2 atom stereocenters. The maximum absolute atomic E-state index is 5.71. The van der Waals surface area contributed by atoms with Crippen molar-refractivity contribution in [3.05, 3.63) is 36.0 Å². The Kier molecular flexibility index (Phi) is 2.87. The average molecular weight is 229 g/mol. The average Bonchev–Trinajstić information content (AvgIpc) is 2.83. The fourth-order valence-corrected chi connectivity index (χ4v) is 2.76. The monoisotopic (exact) mass is 229 g/mol. The lowest BCUT2D eigenvalue weighted by atomic mass is 9.91. The molecule has 1 aromatic carbocycles. The third kappa shape index (κ3) is 1.96. The van der Waals surface area contributed by atoms with Crippen molar-refractivity contribution in [3.8, 4) is 0 Å². The molecule has 2 unspecified atom stereocenters. The van der Waals surface area contributed by atoms with E-state index in [9.17, 15) is 0 Å². The molecule has 0 radical (unpaired) electrons. The molecule has 0 spiro atoms. The highest BCUT2D eigenvalue weighted by molar-refractivity contribution is 5.83. The van der Waals surface area contributed by atoms with Crippen LogP contribution in [0.3, 0.4) is 0 Å². The number of hydrogen-bond donors (Lipinski definition) is 3. The number of nitrogens with one attached hydrogen (secondary N) is 2. The van der Waals surface area contributed by atoms with E-state index in [2.05, 4.69) is 40.8 Å². The maximum Gasteiger partial charge on any atom is 0.0457 e. The molecule has 17 heavy (non-hydrogen) atoms. The van der Waals surface area contributed by atoms with Gasteiger partial charge in [-0.05, 0) is 43.5 Å². The summed E-state index contributed by atoms with van der Waals surface area (Å²) in [5.41, 5.74) is 8.34. The van der Waals surface area contributed by atoms with E-state index in [1.165, 1.54) is 29.3 Å². The van der Waals surface area contributed by atoms with Crippen molar-refractivity contribution in [2.24, 2.45) is 11.7 Å². The summed E-state index contributed by atoms with van der Waals surface area (Å²) in [5.74, 6) is 0.649. The lowest BCUT2D eigenvalue weighted by molar-refractivity contribution is 0.321. The minimum atomic E-state index is 0.481. The second-order valence-electron chi connectivity index (χ2n) is 4.93. The molecule has 3 rings (SSSR count). The molecule has 1 aliphatic heterocycles. The molecular weight excluding hydrogens is 210 g/mol. The van der Waals surface area contributed by atoms with Crippen molar-refractivity contribution in [1.82, 2.24) is 10.3 Å². The normalized spacial score (nSPS) is 25.2. The molecular formula is C14H19N3. The third-order valence-electron chi connectivity index (χ3n) is 3.85. The Morgan fingerprint density at radius 1 is 1.24 bits per heavy atom. The second-order valence-corrected chi connectivity index (χ2v) is 4.93. The largest absolute Gasteiger partial charge is 0.361 e. The van der Waals surface area contributed by atoms with E-state index in [4.69, 9.17) is 5.73 Å². The third-order valence-corrected chi connectivity index (χ3v) is 3.85. The van der Waals surface area contributed by atoms with Crippen LogP contribution >= 0.6 is 0 Å². The molecule has 0 bridgehead atoms. The summed E-state index contributed by atoms with van der Waals surface area (Å²) >= 11 is 0. The second kappa shape index (κ2) is 4.51. The zero-order chi connectivity index (χ0) is 11.7. The predicted molar refractivity (Wildman–Crippen MR) is 70.8 cm³/mol. The molecule has 3 nitrogen and oxygen atoms in total. The topological polar surface area (TPSA) is 53.8 Å². The van der Waals surface area contributed by atoms with Crippen LogP contribution in [0, 0.1) is 5.92 Å². The zero-order valence-electron chi connectivity index (χ0n) is 9.95. The number of piperidine rings is 1. The van der Waals surface area contributed by atoms with Crippen LogP contribution in [0.4, 0.5) is 0 Å². The van der Waals surface area contributed by atoms with Crippen molar-refractivity contribution < 1.29 is 0 Å². The minimum absolute atomic E-state index is 0.481. The van der Waals surface area contributed by atoms with E-state index in [-0.39, 0.29) is 0 Å². The molecule has 0 amide bonds. The standard InChI is InChI=1S/C14H19N3/c15-7-10-5-6-14(16-8-10)12-9-17-13-4-2-1-3-11(12)13/h1-4,9-10,14,16-17H,5-8,15H2. The van der Waals surface area contributed by atoms with Gasteiger partial charge in [-0.2, -0.15) is 0 Å². The van der Waals surface area contributed by atoms with Crippen LogP contribution in [0.25, 0.3) is 10.9 Å². The van der Waals surface area contributed by atoms with E-state index in [1.807, 2.05) is 0 Å². The molecule has 0 aliphatic carbocycles. The van der Waals surface area contributed by atoms with Crippen molar-refractivity contribution in [2.75, 3.05) is 13.1 Å². The molecule has 1 aromatic heterocycles. The van der Waals surface area contributed by atoms with E-state index >= 15 is 0 Å².